The fraction of sp³-hybridized carbons (Fsp3) is 0.316. The van der Waals surface area contributed by atoms with Gasteiger partial charge in [0.25, 0.3) is 5.91 Å². The minimum absolute atomic E-state index is 0.0222. The van der Waals surface area contributed by atoms with Crippen LogP contribution in [0.5, 0.6) is 0 Å². The average Bonchev–Trinajstić information content (AvgIpc) is 3.20. The number of amides is 1. The first kappa shape index (κ1) is 16.2. The van der Waals surface area contributed by atoms with Crippen LogP contribution in [0.2, 0.25) is 0 Å². The molecule has 0 bridgehead atoms. The van der Waals surface area contributed by atoms with Gasteiger partial charge in [0.1, 0.15) is 0 Å². The Bertz CT molecular complexity index is 860. The van der Waals surface area contributed by atoms with E-state index in [0.29, 0.717) is 11.5 Å². The molecule has 0 aliphatic carbocycles. The van der Waals surface area contributed by atoms with Crippen molar-refractivity contribution in [2.45, 2.75) is 18.9 Å². The zero-order valence-corrected chi connectivity index (χ0v) is 14.5. The lowest BCUT2D eigenvalue weighted by Crippen LogP contribution is -2.35. The van der Waals surface area contributed by atoms with Crippen LogP contribution in [0.15, 0.2) is 48.1 Å². The fourth-order valence-electron chi connectivity index (χ4n) is 3.27. The first-order chi connectivity index (χ1) is 12.3. The normalized spacial score (nSPS) is 16.6. The van der Waals surface area contributed by atoms with Crippen LogP contribution in [0.4, 0.5) is 0 Å². The molecule has 1 N–H and O–H groups in total. The summed E-state index contributed by atoms with van der Waals surface area (Å²) in [6, 6.07) is 9.59. The van der Waals surface area contributed by atoms with Crippen LogP contribution >= 0.6 is 11.3 Å². The third kappa shape index (κ3) is 3.55. The lowest BCUT2D eigenvalue weighted by molar-refractivity contribution is 0.0518. The molecule has 1 saturated heterocycles. The maximum Gasteiger partial charge on any atom is 0.251 e. The molecule has 3 heterocycles. The molecule has 1 aliphatic rings. The Morgan fingerprint density at radius 2 is 1.96 bits per heavy atom. The van der Waals surface area contributed by atoms with Crippen molar-refractivity contribution in [1.29, 1.82) is 0 Å². The highest BCUT2D eigenvalue weighted by molar-refractivity contribution is 7.10. The number of ether oxygens (including phenoxy) is 1. The molecule has 1 atom stereocenters. The maximum atomic E-state index is 12.9. The van der Waals surface area contributed by atoms with Gasteiger partial charge in [-0.05, 0) is 48.4 Å². The Morgan fingerprint density at radius 1 is 1.16 bits per heavy atom. The summed E-state index contributed by atoms with van der Waals surface area (Å²) in [7, 11) is 0. The van der Waals surface area contributed by atoms with E-state index >= 15 is 0 Å². The summed E-state index contributed by atoms with van der Waals surface area (Å²) in [5.41, 5.74) is 2.13. The van der Waals surface area contributed by atoms with Crippen molar-refractivity contribution < 1.29 is 9.53 Å². The van der Waals surface area contributed by atoms with E-state index < -0.39 is 0 Å². The van der Waals surface area contributed by atoms with E-state index in [1.807, 2.05) is 18.2 Å². The highest BCUT2D eigenvalue weighted by atomic mass is 32.1. The topological polar surface area (TPSA) is 64.1 Å². The predicted molar refractivity (Wildman–Crippen MR) is 97.6 cm³/mol. The summed E-state index contributed by atoms with van der Waals surface area (Å²) in [6.45, 7) is 1.52. The van der Waals surface area contributed by atoms with Crippen LogP contribution in [-0.4, -0.2) is 29.1 Å². The molecule has 5 nitrogen and oxygen atoms in total. The molecule has 25 heavy (non-hydrogen) atoms. The lowest BCUT2D eigenvalue weighted by atomic mass is 9.90. The van der Waals surface area contributed by atoms with Gasteiger partial charge in [-0.1, -0.05) is 6.07 Å². The Kier molecular flexibility index (Phi) is 4.72. The van der Waals surface area contributed by atoms with Gasteiger partial charge in [0.15, 0.2) is 0 Å². The predicted octanol–water partition coefficient (Wildman–Crippen LogP) is 3.59. The number of nitrogens with zero attached hydrogens (tertiary/aromatic N) is 2. The fourth-order valence-corrected chi connectivity index (χ4v) is 4.14. The molecule has 1 fully saturated rings. The van der Waals surface area contributed by atoms with Crippen molar-refractivity contribution in [1.82, 2.24) is 15.3 Å². The first-order valence-electron chi connectivity index (χ1n) is 8.44. The minimum Gasteiger partial charge on any atom is -0.381 e. The molecular formula is C19H19N3O2S. The van der Waals surface area contributed by atoms with Crippen molar-refractivity contribution in [2.75, 3.05) is 13.2 Å². The molecule has 0 saturated carbocycles. The van der Waals surface area contributed by atoms with Crippen LogP contribution < -0.4 is 5.32 Å². The quantitative estimate of drug-likeness (QED) is 0.778. The molecule has 0 spiro atoms. The third-order valence-corrected chi connectivity index (χ3v) is 5.56. The van der Waals surface area contributed by atoms with E-state index in [9.17, 15) is 4.79 Å². The SMILES string of the molecule is O=C(NC(c1cccs1)C1CCOCC1)c1ccc2nccnc2c1. The number of fused-ring (bicyclic) bond motifs is 1. The number of benzene rings is 1. The number of hydrogen-bond donors (Lipinski definition) is 1. The minimum atomic E-state index is -0.0718. The van der Waals surface area contributed by atoms with E-state index in [2.05, 4.69) is 26.7 Å². The highest BCUT2D eigenvalue weighted by Gasteiger charge is 2.28. The summed E-state index contributed by atoms with van der Waals surface area (Å²) in [5.74, 6) is 0.328. The van der Waals surface area contributed by atoms with Gasteiger partial charge >= 0.3 is 0 Å². The van der Waals surface area contributed by atoms with Gasteiger partial charge in [-0.3, -0.25) is 14.8 Å². The number of rotatable bonds is 4. The molecule has 6 heteroatoms. The van der Waals surface area contributed by atoms with Crippen molar-refractivity contribution in [3.8, 4) is 0 Å². The average molecular weight is 353 g/mol. The van der Waals surface area contributed by atoms with Crippen LogP contribution in [0.3, 0.4) is 0 Å². The first-order valence-corrected chi connectivity index (χ1v) is 9.32. The number of carbonyl (C=O) groups excluding carboxylic acids is 1. The van der Waals surface area contributed by atoms with Crippen LogP contribution in [0.1, 0.15) is 34.1 Å². The number of nitrogens with one attached hydrogen (secondary N) is 1. The zero-order chi connectivity index (χ0) is 17.1. The summed E-state index contributed by atoms with van der Waals surface area (Å²) < 4.78 is 5.48. The van der Waals surface area contributed by atoms with Gasteiger partial charge in [-0.25, -0.2) is 0 Å². The number of carbonyl (C=O) groups is 1. The summed E-state index contributed by atoms with van der Waals surface area (Å²) >= 11 is 1.69. The maximum absolute atomic E-state index is 12.9. The van der Waals surface area contributed by atoms with E-state index in [1.165, 1.54) is 4.88 Å². The van der Waals surface area contributed by atoms with Gasteiger partial charge in [-0.2, -0.15) is 0 Å². The molecule has 2 aromatic heterocycles. The van der Waals surface area contributed by atoms with Crippen molar-refractivity contribution in [2.24, 2.45) is 5.92 Å². The zero-order valence-electron chi connectivity index (χ0n) is 13.7. The van der Waals surface area contributed by atoms with E-state index in [4.69, 9.17) is 4.74 Å². The lowest BCUT2D eigenvalue weighted by Gasteiger charge is -2.30. The van der Waals surface area contributed by atoms with Gasteiger partial charge in [0, 0.05) is 36.0 Å². The molecule has 1 aromatic carbocycles. The molecule has 0 radical (unpaired) electrons. The molecule has 1 amide bonds. The van der Waals surface area contributed by atoms with Crippen LogP contribution in [0.25, 0.3) is 11.0 Å². The van der Waals surface area contributed by atoms with E-state index in [0.717, 1.165) is 37.1 Å². The molecule has 1 unspecified atom stereocenters. The van der Waals surface area contributed by atoms with Gasteiger partial charge < -0.3 is 10.1 Å². The number of hydrogen-bond acceptors (Lipinski definition) is 5. The number of thiophene rings is 1. The molecule has 128 valence electrons. The largest absolute Gasteiger partial charge is 0.381 e. The van der Waals surface area contributed by atoms with Crippen molar-refractivity contribution in [3.63, 3.8) is 0 Å². The van der Waals surface area contributed by atoms with Crippen molar-refractivity contribution in [3.05, 3.63) is 58.5 Å². The second-order valence-corrected chi connectivity index (χ2v) is 7.16. The Hall–Kier alpha value is -2.31. The monoisotopic (exact) mass is 353 g/mol. The smallest absolute Gasteiger partial charge is 0.251 e. The second kappa shape index (κ2) is 7.29. The highest BCUT2D eigenvalue weighted by Crippen LogP contribution is 2.32. The summed E-state index contributed by atoms with van der Waals surface area (Å²) in [6.07, 6.45) is 5.22. The molecular weight excluding hydrogens is 334 g/mol. The summed E-state index contributed by atoms with van der Waals surface area (Å²) in [5, 5.41) is 5.29. The van der Waals surface area contributed by atoms with Gasteiger partial charge in [-0.15, -0.1) is 11.3 Å². The standard InChI is InChI=1S/C19H19N3O2S/c23-19(14-3-4-15-16(12-14)21-8-7-20-15)22-18(17-2-1-11-25-17)13-5-9-24-10-6-13/h1-4,7-8,11-13,18H,5-6,9-10H2,(H,22,23). The van der Waals surface area contributed by atoms with Gasteiger partial charge in [0.2, 0.25) is 0 Å². The molecule has 4 rings (SSSR count). The van der Waals surface area contributed by atoms with Crippen LogP contribution in [-0.2, 0) is 4.74 Å². The van der Waals surface area contributed by atoms with Gasteiger partial charge in [0.05, 0.1) is 17.1 Å². The Balaban J connectivity index is 1.58. The Labute approximate surface area is 150 Å². The van der Waals surface area contributed by atoms with Crippen LogP contribution in [0, 0.1) is 5.92 Å². The van der Waals surface area contributed by atoms with Crippen molar-refractivity contribution >= 4 is 28.3 Å². The summed E-state index contributed by atoms with van der Waals surface area (Å²) in [4.78, 5) is 22.6. The second-order valence-electron chi connectivity index (χ2n) is 6.18. The Morgan fingerprint density at radius 3 is 2.72 bits per heavy atom. The number of aromatic nitrogens is 2. The molecule has 1 aliphatic heterocycles. The van der Waals surface area contributed by atoms with E-state index in [1.54, 1.807) is 29.8 Å². The van der Waals surface area contributed by atoms with E-state index in [-0.39, 0.29) is 11.9 Å². The third-order valence-electron chi connectivity index (χ3n) is 4.61. The molecule has 3 aromatic rings.